The van der Waals surface area contributed by atoms with Crippen LogP contribution in [-0.2, 0) is 14.3 Å². The molecule has 0 spiro atoms. The van der Waals surface area contributed by atoms with Crippen molar-refractivity contribution in [3.63, 3.8) is 0 Å². The van der Waals surface area contributed by atoms with Crippen LogP contribution < -0.4 is 0 Å². The Morgan fingerprint density at radius 2 is 1.47 bits per heavy atom. The van der Waals surface area contributed by atoms with Crippen LogP contribution in [0, 0.1) is 0 Å². The third kappa shape index (κ3) is 10.2. The summed E-state index contributed by atoms with van der Waals surface area (Å²) in [5.74, 6) is 0.175. The topological polar surface area (TPSA) is 43.4 Å². The van der Waals surface area contributed by atoms with E-state index in [1.807, 2.05) is 0 Å². The first-order chi connectivity index (χ1) is 7.12. The minimum absolute atomic E-state index is 0.175. The van der Waals surface area contributed by atoms with Crippen molar-refractivity contribution in [1.29, 1.82) is 0 Å². The quantitative estimate of drug-likeness (QED) is 0.432. The van der Waals surface area contributed by atoms with Crippen molar-refractivity contribution in [2.75, 3.05) is 12.4 Å². The van der Waals surface area contributed by atoms with Crippen molar-refractivity contribution in [3.8, 4) is 0 Å². The summed E-state index contributed by atoms with van der Waals surface area (Å²) in [6.45, 7) is 4.54. The van der Waals surface area contributed by atoms with Crippen molar-refractivity contribution >= 4 is 10.1 Å². The van der Waals surface area contributed by atoms with Crippen molar-refractivity contribution in [2.24, 2.45) is 0 Å². The molecule has 0 unspecified atom stereocenters. The highest BCUT2D eigenvalue weighted by Crippen LogP contribution is 2.04. The Morgan fingerprint density at radius 1 is 0.867 bits per heavy atom. The third-order valence-electron chi connectivity index (χ3n) is 2.26. The van der Waals surface area contributed by atoms with E-state index >= 15 is 0 Å². The summed E-state index contributed by atoms with van der Waals surface area (Å²) in [6.07, 6.45) is 6.92. The molecule has 0 aromatic carbocycles. The lowest BCUT2D eigenvalue weighted by molar-refractivity contribution is 0.306. The smallest absolute Gasteiger partial charge is 0.267 e. The maximum Gasteiger partial charge on any atom is 0.267 e. The standard InChI is InChI=1S/C11H24O3S/c1-3-5-7-8-10-14-15(12,13)11-9-6-4-2/h3-11H2,1-2H3. The molecule has 92 valence electrons. The van der Waals surface area contributed by atoms with Crippen LogP contribution in [0.2, 0.25) is 0 Å². The van der Waals surface area contributed by atoms with Crippen molar-refractivity contribution < 1.29 is 12.6 Å². The molecule has 0 heterocycles. The molecular weight excluding hydrogens is 212 g/mol. The van der Waals surface area contributed by atoms with Gasteiger partial charge in [-0.25, -0.2) is 0 Å². The second-order valence-electron chi connectivity index (χ2n) is 3.85. The summed E-state index contributed by atoms with van der Waals surface area (Å²) >= 11 is 0. The fourth-order valence-electron chi connectivity index (χ4n) is 1.30. The van der Waals surface area contributed by atoms with Crippen molar-refractivity contribution in [1.82, 2.24) is 0 Å². The molecule has 0 aliphatic heterocycles. The molecule has 0 fully saturated rings. The molecule has 0 aliphatic carbocycles. The number of hydrogen-bond acceptors (Lipinski definition) is 3. The van der Waals surface area contributed by atoms with Gasteiger partial charge in [0.1, 0.15) is 0 Å². The minimum atomic E-state index is -3.24. The van der Waals surface area contributed by atoms with Gasteiger partial charge >= 0.3 is 0 Å². The average molecular weight is 236 g/mol. The molecular formula is C11H24O3S. The van der Waals surface area contributed by atoms with Crippen LogP contribution in [0.3, 0.4) is 0 Å². The number of rotatable bonds is 10. The van der Waals surface area contributed by atoms with E-state index in [2.05, 4.69) is 13.8 Å². The Bertz CT molecular complexity index is 222. The number of hydrogen-bond donors (Lipinski definition) is 0. The van der Waals surface area contributed by atoms with Gasteiger partial charge in [0.25, 0.3) is 10.1 Å². The first-order valence-electron chi connectivity index (χ1n) is 5.99. The molecule has 0 aromatic heterocycles. The van der Waals surface area contributed by atoms with Gasteiger partial charge in [-0.2, -0.15) is 8.42 Å². The first kappa shape index (κ1) is 14.9. The Kier molecular flexibility index (Phi) is 9.10. The normalized spacial score (nSPS) is 11.9. The van der Waals surface area contributed by atoms with Crippen LogP contribution in [0.5, 0.6) is 0 Å². The Balaban J connectivity index is 3.47. The van der Waals surface area contributed by atoms with Gasteiger partial charge in [0.15, 0.2) is 0 Å². The molecule has 0 saturated carbocycles. The van der Waals surface area contributed by atoms with Crippen LogP contribution in [0.25, 0.3) is 0 Å². The van der Waals surface area contributed by atoms with Gasteiger partial charge in [0, 0.05) is 0 Å². The fraction of sp³-hybridized carbons (Fsp3) is 1.00. The van der Waals surface area contributed by atoms with Crippen LogP contribution >= 0.6 is 0 Å². The van der Waals surface area contributed by atoms with Gasteiger partial charge in [0.05, 0.1) is 12.4 Å². The number of unbranched alkanes of at least 4 members (excludes halogenated alkanes) is 5. The van der Waals surface area contributed by atoms with E-state index in [4.69, 9.17) is 4.18 Å². The summed E-state index contributed by atoms with van der Waals surface area (Å²) in [5, 5.41) is 0. The lowest BCUT2D eigenvalue weighted by Crippen LogP contribution is -2.11. The molecule has 4 heteroatoms. The summed E-state index contributed by atoms with van der Waals surface area (Å²) in [4.78, 5) is 0. The molecule has 0 radical (unpaired) electrons. The van der Waals surface area contributed by atoms with Gasteiger partial charge in [-0.05, 0) is 12.8 Å². The van der Waals surface area contributed by atoms with E-state index in [-0.39, 0.29) is 5.75 Å². The van der Waals surface area contributed by atoms with E-state index in [1.54, 1.807) is 0 Å². The molecule has 0 aliphatic rings. The monoisotopic (exact) mass is 236 g/mol. The third-order valence-corrected chi connectivity index (χ3v) is 3.57. The van der Waals surface area contributed by atoms with Gasteiger partial charge in [-0.15, -0.1) is 0 Å². The molecule has 0 bridgehead atoms. The molecule has 3 nitrogen and oxygen atoms in total. The zero-order chi connectivity index (χ0) is 11.6. The molecule has 15 heavy (non-hydrogen) atoms. The molecule has 0 atom stereocenters. The summed E-state index contributed by atoms with van der Waals surface area (Å²) in [5.41, 5.74) is 0. The molecule has 0 saturated heterocycles. The summed E-state index contributed by atoms with van der Waals surface area (Å²) in [7, 11) is -3.24. The average Bonchev–Trinajstić information content (AvgIpc) is 2.17. The van der Waals surface area contributed by atoms with Gasteiger partial charge in [-0.1, -0.05) is 46.0 Å². The molecule has 0 rings (SSSR count). The van der Waals surface area contributed by atoms with E-state index in [1.165, 1.54) is 0 Å². The van der Waals surface area contributed by atoms with Crippen LogP contribution in [0.4, 0.5) is 0 Å². The predicted molar refractivity (Wildman–Crippen MR) is 63.4 cm³/mol. The highest BCUT2D eigenvalue weighted by Gasteiger charge is 2.09. The maximum absolute atomic E-state index is 11.3. The van der Waals surface area contributed by atoms with E-state index in [9.17, 15) is 8.42 Å². The fourth-order valence-corrected chi connectivity index (χ4v) is 2.35. The lowest BCUT2D eigenvalue weighted by atomic mass is 10.2. The molecule has 0 aromatic rings. The van der Waals surface area contributed by atoms with E-state index in [0.717, 1.165) is 38.5 Å². The van der Waals surface area contributed by atoms with Gasteiger partial charge < -0.3 is 0 Å². The second kappa shape index (κ2) is 9.16. The van der Waals surface area contributed by atoms with Gasteiger partial charge in [-0.3, -0.25) is 4.18 Å². The molecule has 0 amide bonds. The Labute approximate surface area is 94.3 Å². The minimum Gasteiger partial charge on any atom is -0.270 e. The Morgan fingerprint density at radius 3 is 2.07 bits per heavy atom. The highest BCUT2D eigenvalue weighted by molar-refractivity contribution is 7.86. The van der Waals surface area contributed by atoms with Crippen LogP contribution in [0.15, 0.2) is 0 Å². The zero-order valence-corrected chi connectivity index (χ0v) is 10.8. The SMILES string of the molecule is CCCCCCOS(=O)(=O)CCCCC. The van der Waals surface area contributed by atoms with Gasteiger partial charge in [0.2, 0.25) is 0 Å². The maximum atomic E-state index is 11.3. The van der Waals surface area contributed by atoms with Crippen LogP contribution in [-0.4, -0.2) is 20.8 Å². The summed E-state index contributed by atoms with van der Waals surface area (Å²) < 4.78 is 27.5. The van der Waals surface area contributed by atoms with E-state index in [0.29, 0.717) is 13.0 Å². The predicted octanol–water partition coefficient (Wildman–Crippen LogP) is 3.10. The largest absolute Gasteiger partial charge is 0.270 e. The highest BCUT2D eigenvalue weighted by atomic mass is 32.2. The second-order valence-corrected chi connectivity index (χ2v) is 5.61. The van der Waals surface area contributed by atoms with Crippen molar-refractivity contribution in [2.45, 2.75) is 58.8 Å². The van der Waals surface area contributed by atoms with Crippen LogP contribution in [0.1, 0.15) is 58.8 Å². The first-order valence-corrected chi connectivity index (χ1v) is 7.57. The zero-order valence-electron chi connectivity index (χ0n) is 10.00. The molecule has 0 N–H and O–H groups in total. The summed E-state index contributed by atoms with van der Waals surface area (Å²) in [6, 6.07) is 0. The van der Waals surface area contributed by atoms with E-state index < -0.39 is 10.1 Å². The lowest BCUT2D eigenvalue weighted by Gasteiger charge is -2.04. The van der Waals surface area contributed by atoms with Crippen molar-refractivity contribution in [3.05, 3.63) is 0 Å². The Hall–Kier alpha value is -0.0900.